The quantitative estimate of drug-likeness (QED) is 0.217. The molecule has 0 spiro atoms. The van der Waals surface area contributed by atoms with Crippen molar-refractivity contribution in [1.29, 1.82) is 0 Å². The molecule has 0 aliphatic heterocycles. The number of esters is 1. The Labute approximate surface area is 221 Å². The third kappa shape index (κ3) is 6.00. The van der Waals surface area contributed by atoms with E-state index in [4.69, 9.17) is 9.47 Å². The molecule has 192 valence electrons. The van der Waals surface area contributed by atoms with Gasteiger partial charge in [-0.05, 0) is 43.2 Å². The van der Waals surface area contributed by atoms with Gasteiger partial charge in [-0.25, -0.2) is 9.18 Å². The van der Waals surface area contributed by atoms with Crippen LogP contribution in [0.4, 0.5) is 9.39 Å². The predicted molar refractivity (Wildman–Crippen MR) is 142 cm³/mol. The zero-order valence-electron chi connectivity index (χ0n) is 20.6. The average molecular weight is 541 g/mol. The average Bonchev–Trinajstić information content (AvgIpc) is 3.47. The molecule has 4 rings (SSSR count). The lowest BCUT2D eigenvalue weighted by atomic mass is 10.0. The van der Waals surface area contributed by atoms with Crippen LogP contribution in [0.5, 0.6) is 5.75 Å². The number of carbonyl (C=O) groups is 2. The number of carbonyl (C=O) groups excluding carboxylic acids is 2. The number of aryl methyl sites for hydroxylation is 1. The molecular weight excluding hydrogens is 515 g/mol. The van der Waals surface area contributed by atoms with Gasteiger partial charge in [-0.15, -0.1) is 21.5 Å². The number of thiophene rings is 1. The Morgan fingerprint density at radius 3 is 2.59 bits per heavy atom. The van der Waals surface area contributed by atoms with Gasteiger partial charge in [0, 0.05) is 18.0 Å². The van der Waals surface area contributed by atoms with Gasteiger partial charge < -0.3 is 19.4 Å². The Kier molecular flexibility index (Phi) is 8.24. The van der Waals surface area contributed by atoms with E-state index in [0.29, 0.717) is 27.1 Å². The monoisotopic (exact) mass is 540 g/mol. The topological polar surface area (TPSA) is 95.3 Å². The SMILES string of the molecule is COC(=O)c1c(-c2ccc(F)cc2)csc1NC(=O)CSc1nnc(C(C)Oc2ccccc2C)n1C. The maximum Gasteiger partial charge on any atom is 0.341 e. The van der Waals surface area contributed by atoms with E-state index < -0.39 is 5.97 Å². The van der Waals surface area contributed by atoms with Crippen LogP contribution < -0.4 is 10.1 Å². The van der Waals surface area contributed by atoms with E-state index in [1.54, 1.807) is 22.1 Å². The molecule has 1 unspecified atom stereocenters. The van der Waals surface area contributed by atoms with Crippen LogP contribution in [-0.4, -0.2) is 39.5 Å². The smallest absolute Gasteiger partial charge is 0.341 e. The van der Waals surface area contributed by atoms with Gasteiger partial charge in [-0.1, -0.05) is 42.1 Å². The zero-order valence-corrected chi connectivity index (χ0v) is 22.3. The summed E-state index contributed by atoms with van der Waals surface area (Å²) in [6.07, 6.45) is -0.347. The van der Waals surface area contributed by atoms with Crippen LogP contribution in [0.2, 0.25) is 0 Å². The second-order valence-corrected chi connectivity index (χ2v) is 9.94. The number of para-hydroxylation sites is 1. The lowest BCUT2D eigenvalue weighted by Gasteiger charge is -2.15. The maximum atomic E-state index is 13.4. The fourth-order valence-electron chi connectivity index (χ4n) is 3.63. The highest BCUT2D eigenvalue weighted by molar-refractivity contribution is 7.99. The molecule has 1 amide bonds. The first-order valence-corrected chi connectivity index (χ1v) is 13.1. The van der Waals surface area contributed by atoms with Crippen molar-refractivity contribution in [2.24, 2.45) is 7.05 Å². The van der Waals surface area contributed by atoms with E-state index in [1.807, 2.05) is 45.2 Å². The van der Waals surface area contributed by atoms with E-state index in [2.05, 4.69) is 15.5 Å². The van der Waals surface area contributed by atoms with Crippen LogP contribution in [-0.2, 0) is 16.6 Å². The molecular formula is C26H25FN4O4S2. The number of rotatable bonds is 9. The number of ether oxygens (including phenoxy) is 2. The summed E-state index contributed by atoms with van der Waals surface area (Å²) >= 11 is 2.41. The van der Waals surface area contributed by atoms with E-state index >= 15 is 0 Å². The number of nitrogens with zero attached hydrogens (tertiary/aromatic N) is 3. The highest BCUT2D eigenvalue weighted by Gasteiger charge is 2.23. The molecule has 1 atom stereocenters. The first-order valence-electron chi connectivity index (χ1n) is 11.3. The second kappa shape index (κ2) is 11.6. The van der Waals surface area contributed by atoms with Crippen molar-refractivity contribution in [3.05, 3.63) is 76.7 Å². The molecule has 0 saturated heterocycles. The normalized spacial score (nSPS) is 11.7. The number of aromatic nitrogens is 3. The van der Waals surface area contributed by atoms with Crippen LogP contribution in [0, 0.1) is 12.7 Å². The molecule has 0 saturated carbocycles. The van der Waals surface area contributed by atoms with Gasteiger partial charge in [0.15, 0.2) is 17.1 Å². The second-order valence-electron chi connectivity index (χ2n) is 8.11. The Balaban J connectivity index is 1.43. The minimum Gasteiger partial charge on any atom is -0.482 e. The molecule has 0 bridgehead atoms. The van der Waals surface area contributed by atoms with Crippen LogP contribution >= 0.6 is 23.1 Å². The first kappa shape index (κ1) is 26.4. The summed E-state index contributed by atoms with van der Waals surface area (Å²) in [7, 11) is 3.09. The standard InChI is InChI=1S/C26H25FN4O4S2/c1-15-7-5-6-8-20(15)35-16(2)23-29-30-26(31(23)3)37-14-21(32)28-24-22(25(33)34-4)19(13-36-24)17-9-11-18(27)12-10-17/h5-13,16H,14H2,1-4H3,(H,28,32). The molecule has 4 aromatic rings. The molecule has 0 radical (unpaired) electrons. The minimum absolute atomic E-state index is 0.0450. The number of benzene rings is 2. The molecule has 37 heavy (non-hydrogen) atoms. The van der Waals surface area contributed by atoms with Crippen molar-refractivity contribution in [3.8, 4) is 16.9 Å². The number of thioether (sulfide) groups is 1. The predicted octanol–water partition coefficient (Wildman–Crippen LogP) is 5.65. The van der Waals surface area contributed by atoms with Crippen LogP contribution in [0.3, 0.4) is 0 Å². The van der Waals surface area contributed by atoms with Gasteiger partial charge in [-0.2, -0.15) is 0 Å². The number of anilines is 1. The highest BCUT2D eigenvalue weighted by Crippen LogP contribution is 2.36. The van der Waals surface area contributed by atoms with Gasteiger partial charge in [0.05, 0.1) is 12.9 Å². The Hall–Kier alpha value is -3.70. The Morgan fingerprint density at radius 1 is 1.16 bits per heavy atom. The molecule has 11 heteroatoms. The molecule has 0 aliphatic rings. The van der Waals surface area contributed by atoms with Gasteiger partial charge in [0.1, 0.15) is 22.1 Å². The zero-order chi connectivity index (χ0) is 26.5. The van der Waals surface area contributed by atoms with Crippen molar-refractivity contribution in [1.82, 2.24) is 14.8 Å². The number of amides is 1. The fourth-order valence-corrected chi connectivity index (χ4v) is 5.32. The van der Waals surface area contributed by atoms with Crippen molar-refractivity contribution < 1.29 is 23.5 Å². The van der Waals surface area contributed by atoms with Crippen molar-refractivity contribution >= 4 is 40.0 Å². The van der Waals surface area contributed by atoms with E-state index in [-0.39, 0.29) is 29.1 Å². The number of methoxy groups -OCH3 is 1. The van der Waals surface area contributed by atoms with E-state index in [0.717, 1.165) is 11.3 Å². The molecule has 2 heterocycles. The molecule has 2 aromatic heterocycles. The summed E-state index contributed by atoms with van der Waals surface area (Å²) < 4.78 is 26.1. The van der Waals surface area contributed by atoms with Crippen molar-refractivity contribution in [3.63, 3.8) is 0 Å². The largest absolute Gasteiger partial charge is 0.482 e. The highest BCUT2D eigenvalue weighted by atomic mass is 32.2. The van der Waals surface area contributed by atoms with Crippen LogP contribution in [0.1, 0.15) is 34.8 Å². The van der Waals surface area contributed by atoms with Crippen LogP contribution in [0.15, 0.2) is 59.1 Å². The lowest BCUT2D eigenvalue weighted by Crippen LogP contribution is -2.16. The number of nitrogens with one attached hydrogen (secondary N) is 1. The summed E-state index contributed by atoms with van der Waals surface area (Å²) in [4.78, 5) is 25.3. The van der Waals surface area contributed by atoms with E-state index in [1.165, 1.54) is 42.3 Å². The summed E-state index contributed by atoms with van der Waals surface area (Å²) in [6, 6.07) is 13.5. The maximum absolute atomic E-state index is 13.4. The number of hydrogen-bond acceptors (Lipinski definition) is 8. The van der Waals surface area contributed by atoms with E-state index in [9.17, 15) is 14.0 Å². The van der Waals surface area contributed by atoms with Crippen LogP contribution in [0.25, 0.3) is 11.1 Å². The number of halogens is 1. The summed E-state index contributed by atoms with van der Waals surface area (Å²) in [5, 5.41) is 13.9. The summed E-state index contributed by atoms with van der Waals surface area (Å²) in [5.41, 5.74) is 2.44. The van der Waals surface area contributed by atoms with Gasteiger partial charge in [-0.3, -0.25) is 4.79 Å². The molecule has 8 nitrogen and oxygen atoms in total. The fraction of sp³-hybridized carbons (Fsp3) is 0.231. The lowest BCUT2D eigenvalue weighted by molar-refractivity contribution is -0.113. The molecule has 0 fully saturated rings. The minimum atomic E-state index is -0.593. The third-order valence-electron chi connectivity index (χ3n) is 5.55. The first-order chi connectivity index (χ1) is 17.8. The summed E-state index contributed by atoms with van der Waals surface area (Å²) in [5.74, 6) is 0.140. The molecule has 2 aromatic carbocycles. The Bertz CT molecular complexity index is 1420. The molecule has 1 N–H and O–H groups in total. The van der Waals surface area contributed by atoms with Gasteiger partial charge in [0.25, 0.3) is 0 Å². The van der Waals surface area contributed by atoms with Crippen molar-refractivity contribution in [2.45, 2.75) is 25.1 Å². The number of hydrogen-bond donors (Lipinski definition) is 1. The third-order valence-corrected chi connectivity index (χ3v) is 7.47. The van der Waals surface area contributed by atoms with Gasteiger partial charge in [0.2, 0.25) is 5.91 Å². The Morgan fingerprint density at radius 2 is 1.89 bits per heavy atom. The van der Waals surface area contributed by atoms with Crippen molar-refractivity contribution in [2.75, 3.05) is 18.2 Å². The van der Waals surface area contributed by atoms with Gasteiger partial charge >= 0.3 is 5.97 Å². The summed E-state index contributed by atoms with van der Waals surface area (Å²) in [6.45, 7) is 3.86. The molecule has 0 aliphatic carbocycles.